The summed E-state index contributed by atoms with van der Waals surface area (Å²) in [7, 11) is 0. The van der Waals surface area contributed by atoms with Crippen molar-refractivity contribution in [2.45, 2.75) is 6.42 Å². The second-order valence-corrected chi connectivity index (χ2v) is 3.36. The summed E-state index contributed by atoms with van der Waals surface area (Å²) in [6, 6.07) is 10.5. The Morgan fingerprint density at radius 1 is 1.22 bits per heavy atom. The third kappa shape index (κ3) is 2.35. The van der Waals surface area contributed by atoms with Gasteiger partial charge < -0.3 is 0 Å². The molecule has 0 saturated heterocycles. The summed E-state index contributed by atoms with van der Waals surface area (Å²) in [6.07, 6.45) is 1.15. The molecule has 0 aliphatic heterocycles. The van der Waals surface area contributed by atoms with Gasteiger partial charge in [0.1, 0.15) is 0 Å². The van der Waals surface area contributed by atoms with Crippen molar-refractivity contribution in [3.8, 4) is 0 Å². The predicted octanol–water partition coefficient (Wildman–Crippen LogP) is 1.58. The van der Waals surface area contributed by atoms with Crippen LogP contribution in [0.25, 0.3) is 0 Å². The molecule has 0 amide bonds. The number of rotatable bonds is 2. The Morgan fingerprint density at radius 3 is 2.44 bits per heavy atom. The first-order valence-corrected chi connectivity index (χ1v) is 5.04. The van der Waals surface area contributed by atoms with E-state index in [1.807, 2.05) is 0 Å². The van der Waals surface area contributed by atoms with E-state index in [0.29, 0.717) is 0 Å². The van der Waals surface area contributed by atoms with Crippen molar-refractivity contribution >= 4 is 3.76 Å². The molecular formula is C8H8Hf+2. The average Bonchev–Trinajstić information content (AvgIpc) is 1.91. The van der Waals surface area contributed by atoms with Gasteiger partial charge in [0.15, 0.2) is 0 Å². The first-order chi connectivity index (χ1) is 4.43. The van der Waals surface area contributed by atoms with Crippen molar-refractivity contribution in [3.63, 3.8) is 0 Å². The topological polar surface area (TPSA) is 0 Å². The zero-order valence-corrected chi connectivity index (χ0v) is 8.76. The quantitative estimate of drug-likeness (QED) is 0.723. The van der Waals surface area contributed by atoms with Crippen molar-refractivity contribution in [2.24, 2.45) is 0 Å². The molecular weight excluding hydrogens is 275 g/mol. The minimum absolute atomic E-state index is 1.15. The van der Waals surface area contributed by atoms with Gasteiger partial charge in [-0.25, -0.2) is 0 Å². The van der Waals surface area contributed by atoms with Gasteiger partial charge in [-0.3, -0.25) is 0 Å². The van der Waals surface area contributed by atoms with E-state index in [1.165, 1.54) is 29.5 Å². The third-order valence-electron chi connectivity index (χ3n) is 1.18. The van der Waals surface area contributed by atoms with Crippen molar-refractivity contribution in [2.75, 3.05) is 0 Å². The molecule has 0 bridgehead atoms. The van der Waals surface area contributed by atoms with E-state index in [4.69, 9.17) is 0 Å². The molecule has 0 aromatic heterocycles. The van der Waals surface area contributed by atoms with Gasteiger partial charge >= 0.3 is 70.0 Å². The number of hydrogen-bond acceptors (Lipinski definition) is 0. The molecule has 1 heteroatoms. The first-order valence-electron chi connectivity index (χ1n) is 2.96. The van der Waals surface area contributed by atoms with Crippen LogP contribution in [0.15, 0.2) is 30.3 Å². The maximum atomic E-state index is 2.30. The molecule has 0 aliphatic rings. The SMILES string of the molecule is [Hf+2]=[CH]Cc1ccccc1. The van der Waals surface area contributed by atoms with Crippen LogP contribution in [0, 0.1) is 0 Å². The van der Waals surface area contributed by atoms with Crippen molar-refractivity contribution in [3.05, 3.63) is 35.9 Å². The van der Waals surface area contributed by atoms with Gasteiger partial charge in [-0.15, -0.1) is 0 Å². The Bertz CT molecular complexity index is 179. The van der Waals surface area contributed by atoms with Gasteiger partial charge in [-0.1, -0.05) is 0 Å². The second kappa shape index (κ2) is 3.89. The molecule has 1 aromatic carbocycles. The minimum atomic E-state index is 1.15. The van der Waals surface area contributed by atoms with Crippen LogP contribution in [-0.4, -0.2) is 3.76 Å². The molecule has 1 aromatic rings. The van der Waals surface area contributed by atoms with Crippen LogP contribution >= 0.6 is 0 Å². The standard InChI is InChI=1S/C8H8.Hf/c1-2-8-6-4-3-5-7-8;/h1,3-7H,2H2;/q;+2. The maximum absolute atomic E-state index is 2.30. The van der Waals surface area contributed by atoms with Crippen molar-refractivity contribution < 1.29 is 23.9 Å². The van der Waals surface area contributed by atoms with Gasteiger partial charge in [-0.2, -0.15) is 0 Å². The van der Waals surface area contributed by atoms with E-state index < -0.39 is 0 Å². The summed E-state index contributed by atoms with van der Waals surface area (Å²) in [5.41, 5.74) is 1.42. The van der Waals surface area contributed by atoms with Crippen LogP contribution in [0.3, 0.4) is 0 Å². The fourth-order valence-electron chi connectivity index (χ4n) is 0.732. The molecule has 0 atom stereocenters. The van der Waals surface area contributed by atoms with Crippen LogP contribution in [-0.2, 0) is 30.3 Å². The van der Waals surface area contributed by atoms with Crippen LogP contribution in [0.5, 0.6) is 0 Å². The second-order valence-electron chi connectivity index (χ2n) is 1.89. The molecule has 0 unspecified atom stereocenters. The molecule has 0 saturated carbocycles. The van der Waals surface area contributed by atoms with Crippen LogP contribution in [0.2, 0.25) is 0 Å². The first kappa shape index (κ1) is 7.07. The Balaban J connectivity index is 2.72. The van der Waals surface area contributed by atoms with Gasteiger partial charge in [0.25, 0.3) is 0 Å². The van der Waals surface area contributed by atoms with E-state index in [1.54, 1.807) is 0 Å². The van der Waals surface area contributed by atoms with Gasteiger partial charge in [0, 0.05) is 0 Å². The van der Waals surface area contributed by atoms with E-state index in [0.717, 1.165) is 6.42 Å². The molecule has 0 aliphatic carbocycles. The molecule has 0 heterocycles. The Morgan fingerprint density at radius 2 is 1.89 bits per heavy atom. The summed E-state index contributed by atoms with van der Waals surface area (Å²) < 4.78 is 2.30. The summed E-state index contributed by atoms with van der Waals surface area (Å²) in [4.78, 5) is 0. The van der Waals surface area contributed by atoms with E-state index in [9.17, 15) is 0 Å². The van der Waals surface area contributed by atoms with E-state index in [2.05, 4.69) is 34.1 Å². The van der Waals surface area contributed by atoms with Crippen molar-refractivity contribution in [1.82, 2.24) is 0 Å². The van der Waals surface area contributed by atoms with Crippen molar-refractivity contribution in [1.29, 1.82) is 0 Å². The molecule has 42 valence electrons. The molecule has 0 radical (unpaired) electrons. The Kier molecular flexibility index (Phi) is 3.05. The average molecular weight is 283 g/mol. The summed E-state index contributed by atoms with van der Waals surface area (Å²) in [5, 5.41) is 0. The Labute approximate surface area is 70.0 Å². The molecule has 9 heavy (non-hydrogen) atoms. The fraction of sp³-hybridized carbons (Fsp3) is 0.125. The zero-order valence-electron chi connectivity index (χ0n) is 5.17. The van der Waals surface area contributed by atoms with Gasteiger partial charge in [-0.05, 0) is 0 Å². The van der Waals surface area contributed by atoms with E-state index >= 15 is 0 Å². The number of benzene rings is 1. The van der Waals surface area contributed by atoms with Gasteiger partial charge in [0.05, 0.1) is 0 Å². The monoisotopic (exact) mass is 284 g/mol. The summed E-state index contributed by atoms with van der Waals surface area (Å²) >= 11 is 1.20. The summed E-state index contributed by atoms with van der Waals surface area (Å²) in [6.45, 7) is 0. The molecule has 0 nitrogen and oxygen atoms in total. The number of hydrogen-bond donors (Lipinski definition) is 0. The zero-order chi connectivity index (χ0) is 6.53. The predicted molar refractivity (Wildman–Crippen MR) is 36.2 cm³/mol. The molecule has 1 rings (SSSR count). The normalized spacial score (nSPS) is 9.11. The van der Waals surface area contributed by atoms with Crippen LogP contribution in [0.4, 0.5) is 0 Å². The van der Waals surface area contributed by atoms with Crippen LogP contribution < -0.4 is 0 Å². The van der Waals surface area contributed by atoms with Crippen LogP contribution in [0.1, 0.15) is 5.56 Å². The fourth-order valence-corrected chi connectivity index (χ4v) is 1.58. The molecule has 0 fully saturated rings. The van der Waals surface area contributed by atoms with Gasteiger partial charge in [0.2, 0.25) is 0 Å². The Hall–Kier alpha value is -0.0399. The summed E-state index contributed by atoms with van der Waals surface area (Å²) in [5.74, 6) is 0. The molecule has 0 spiro atoms. The van der Waals surface area contributed by atoms with E-state index in [-0.39, 0.29) is 0 Å². The molecule has 0 N–H and O–H groups in total. The third-order valence-corrected chi connectivity index (χ3v) is 1.91.